The Labute approximate surface area is 125 Å². The van der Waals surface area contributed by atoms with Crippen LogP contribution in [0.4, 0.5) is 5.69 Å². The van der Waals surface area contributed by atoms with Crippen molar-refractivity contribution in [2.75, 3.05) is 5.32 Å². The predicted octanol–water partition coefficient (Wildman–Crippen LogP) is 3.82. The monoisotopic (exact) mass is 306 g/mol. The summed E-state index contributed by atoms with van der Waals surface area (Å²) >= 11 is 11.6. The zero-order chi connectivity index (χ0) is 14.7. The molecule has 20 heavy (non-hydrogen) atoms. The number of hydrogen-bond donors (Lipinski definition) is 2. The smallest absolute Gasteiger partial charge is 0.259 e. The molecule has 0 fully saturated rings. The highest BCUT2D eigenvalue weighted by Crippen LogP contribution is 2.25. The minimum atomic E-state index is -0.580. The van der Waals surface area contributed by atoms with Gasteiger partial charge in [0.1, 0.15) is 11.8 Å². The minimum Gasteiger partial charge on any atom is -0.507 e. The van der Waals surface area contributed by atoms with Gasteiger partial charge in [-0.2, -0.15) is 5.26 Å². The first kappa shape index (κ1) is 14.2. The third-order valence-electron chi connectivity index (χ3n) is 2.55. The molecule has 0 bridgehead atoms. The summed E-state index contributed by atoms with van der Waals surface area (Å²) in [5.41, 5.74) is 0.551. The fourth-order valence-corrected chi connectivity index (χ4v) is 1.94. The highest BCUT2D eigenvalue weighted by Gasteiger charge is 2.14. The van der Waals surface area contributed by atoms with Crippen LogP contribution in [-0.4, -0.2) is 11.0 Å². The minimum absolute atomic E-state index is 0.0152. The Bertz CT molecular complexity index is 724. The Kier molecular flexibility index (Phi) is 4.14. The topological polar surface area (TPSA) is 73.1 Å². The van der Waals surface area contributed by atoms with Crippen LogP contribution >= 0.6 is 23.2 Å². The van der Waals surface area contributed by atoms with Gasteiger partial charge in [0.25, 0.3) is 5.91 Å². The van der Waals surface area contributed by atoms with Crippen molar-refractivity contribution >= 4 is 34.8 Å². The van der Waals surface area contributed by atoms with Crippen LogP contribution in [0.2, 0.25) is 10.0 Å². The summed E-state index contributed by atoms with van der Waals surface area (Å²) < 4.78 is 0. The van der Waals surface area contributed by atoms with Crippen molar-refractivity contribution in [3.63, 3.8) is 0 Å². The first-order chi connectivity index (χ1) is 9.51. The molecular weight excluding hydrogens is 299 g/mol. The fourth-order valence-electron chi connectivity index (χ4n) is 1.60. The van der Waals surface area contributed by atoms with Gasteiger partial charge in [0.2, 0.25) is 0 Å². The molecule has 0 aliphatic carbocycles. The van der Waals surface area contributed by atoms with Gasteiger partial charge < -0.3 is 10.4 Å². The zero-order valence-electron chi connectivity index (χ0n) is 10.0. The van der Waals surface area contributed by atoms with E-state index in [1.54, 1.807) is 6.07 Å². The quantitative estimate of drug-likeness (QED) is 0.885. The van der Waals surface area contributed by atoms with E-state index in [-0.39, 0.29) is 22.6 Å². The number of hydrogen-bond acceptors (Lipinski definition) is 3. The molecule has 2 N–H and O–H groups in total. The molecule has 2 aromatic rings. The van der Waals surface area contributed by atoms with Crippen molar-refractivity contribution in [1.29, 1.82) is 5.26 Å². The largest absolute Gasteiger partial charge is 0.507 e. The van der Waals surface area contributed by atoms with Gasteiger partial charge in [0, 0.05) is 10.0 Å². The maximum atomic E-state index is 12.1. The van der Waals surface area contributed by atoms with E-state index in [9.17, 15) is 9.90 Å². The Morgan fingerprint density at radius 1 is 1.15 bits per heavy atom. The van der Waals surface area contributed by atoms with E-state index < -0.39 is 5.91 Å². The Morgan fingerprint density at radius 3 is 2.50 bits per heavy atom. The number of benzene rings is 2. The molecule has 0 aliphatic rings. The third-order valence-corrected chi connectivity index (χ3v) is 3.02. The van der Waals surface area contributed by atoms with Crippen LogP contribution in [-0.2, 0) is 0 Å². The molecule has 0 heterocycles. The average Bonchev–Trinajstić information content (AvgIpc) is 2.41. The van der Waals surface area contributed by atoms with Crippen LogP contribution in [0.25, 0.3) is 0 Å². The molecule has 100 valence electrons. The summed E-state index contributed by atoms with van der Waals surface area (Å²) in [6.07, 6.45) is 0. The number of halogens is 2. The van der Waals surface area contributed by atoms with Gasteiger partial charge in [-0.1, -0.05) is 23.2 Å². The van der Waals surface area contributed by atoms with Crippen molar-refractivity contribution < 1.29 is 9.90 Å². The average molecular weight is 307 g/mol. The van der Waals surface area contributed by atoms with Crippen LogP contribution in [0.5, 0.6) is 5.75 Å². The van der Waals surface area contributed by atoms with Crippen molar-refractivity contribution in [3.8, 4) is 11.8 Å². The molecule has 6 heteroatoms. The molecule has 0 atom stereocenters. The number of phenolic OH excluding ortho intramolecular Hbond substituents is 1. The highest BCUT2D eigenvalue weighted by molar-refractivity contribution is 6.31. The second kappa shape index (κ2) is 5.83. The van der Waals surface area contributed by atoms with Crippen molar-refractivity contribution in [1.82, 2.24) is 0 Å². The molecule has 0 spiro atoms. The van der Waals surface area contributed by atoms with Gasteiger partial charge in [-0.3, -0.25) is 4.79 Å². The van der Waals surface area contributed by atoms with E-state index in [1.165, 1.54) is 30.3 Å². The van der Waals surface area contributed by atoms with E-state index in [2.05, 4.69) is 5.32 Å². The lowest BCUT2D eigenvalue weighted by atomic mass is 10.1. The van der Waals surface area contributed by atoms with E-state index in [1.807, 2.05) is 6.07 Å². The number of aromatic hydroxyl groups is 1. The summed E-state index contributed by atoms with van der Waals surface area (Å²) in [7, 11) is 0. The summed E-state index contributed by atoms with van der Waals surface area (Å²) in [5, 5.41) is 21.9. The third kappa shape index (κ3) is 3.02. The molecule has 0 aromatic heterocycles. The van der Waals surface area contributed by atoms with Crippen molar-refractivity contribution in [2.24, 2.45) is 0 Å². The molecule has 0 radical (unpaired) electrons. The number of nitriles is 1. The van der Waals surface area contributed by atoms with Crippen LogP contribution in [0.15, 0.2) is 36.4 Å². The molecule has 2 rings (SSSR count). The number of anilines is 1. The van der Waals surface area contributed by atoms with Crippen LogP contribution in [0.3, 0.4) is 0 Å². The lowest BCUT2D eigenvalue weighted by Gasteiger charge is -2.09. The first-order valence-electron chi connectivity index (χ1n) is 5.51. The van der Waals surface area contributed by atoms with E-state index in [0.29, 0.717) is 10.0 Å². The number of rotatable bonds is 2. The molecule has 4 nitrogen and oxygen atoms in total. The molecular formula is C14H8Cl2N2O2. The van der Waals surface area contributed by atoms with Gasteiger partial charge >= 0.3 is 0 Å². The number of amides is 1. The predicted molar refractivity (Wildman–Crippen MR) is 77.2 cm³/mol. The van der Waals surface area contributed by atoms with Crippen molar-refractivity contribution in [3.05, 3.63) is 57.6 Å². The first-order valence-corrected chi connectivity index (χ1v) is 6.26. The molecule has 0 unspecified atom stereocenters. The summed E-state index contributed by atoms with van der Waals surface area (Å²) in [5.74, 6) is -0.781. The highest BCUT2D eigenvalue weighted by atomic mass is 35.5. The second-order valence-electron chi connectivity index (χ2n) is 3.92. The Hall–Kier alpha value is -2.22. The van der Waals surface area contributed by atoms with E-state index in [4.69, 9.17) is 28.5 Å². The molecule has 2 aromatic carbocycles. The SMILES string of the molecule is N#Cc1ccc(Cl)cc1NC(=O)c1cc(Cl)ccc1O. The number of carbonyl (C=O) groups is 1. The van der Waals surface area contributed by atoms with Crippen LogP contribution in [0, 0.1) is 11.3 Å². The van der Waals surface area contributed by atoms with Crippen LogP contribution < -0.4 is 5.32 Å². The molecule has 0 saturated carbocycles. The fraction of sp³-hybridized carbons (Fsp3) is 0. The number of phenols is 1. The summed E-state index contributed by atoms with van der Waals surface area (Å²) in [4.78, 5) is 12.1. The normalized spacial score (nSPS) is 9.85. The Balaban J connectivity index is 2.35. The maximum Gasteiger partial charge on any atom is 0.259 e. The maximum absolute atomic E-state index is 12.1. The zero-order valence-corrected chi connectivity index (χ0v) is 11.5. The van der Waals surface area contributed by atoms with Gasteiger partial charge in [-0.05, 0) is 36.4 Å². The molecule has 1 amide bonds. The number of nitrogens with one attached hydrogen (secondary N) is 1. The van der Waals surface area contributed by atoms with Gasteiger partial charge in [-0.25, -0.2) is 0 Å². The van der Waals surface area contributed by atoms with E-state index in [0.717, 1.165) is 0 Å². The Morgan fingerprint density at radius 2 is 1.80 bits per heavy atom. The van der Waals surface area contributed by atoms with E-state index >= 15 is 0 Å². The standard InChI is InChI=1S/C14H8Cl2N2O2/c15-9-3-4-13(19)11(5-9)14(20)18-12-6-10(16)2-1-8(12)7-17/h1-6,19H,(H,18,20). The van der Waals surface area contributed by atoms with Crippen LogP contribution in [0.1, 0.15) is 15.9 Å². The summed E-state index contributed by atoms with van der Waals surface area (Å²) in [6, 6.07) is 10.6. The number of carbonyl (C=O) groups excluding carboxylic acids is 1. The lowest BCUT2D eigenvalue weighted by molar-refractivity contribution is 0.102. The van der Waals surface area contributed by atoms with Crippen molar-refractivity contribution in [2.45, 2.75) is 0 Å². The number of nitrogens with zero attached hydrogens (tertiary/aromatic N) is 1. The molecule has 0 saturated heterocycles. The second-order valence-corrected chi connectivity index (χ2v) is 4.79. The lowest BCUT2D eigenvalue weighted by Crippen LogP contribution is -2.13. The van der Waals surface area contributed by atoms with Gasteiger partial charge in [0.05, 0.1) is 16.8 Å². The van der Waals surface area contributed by atoms with Gasteiger partial charge in [0.15, 0.2) is 0 Å². The van der Waals surface area contributed by atoms with Gasteiger partial charge in [-0.15, -0.1) is 0 Å². The molecule has 0 aliphatic heterocycles. The summed E-state index contributed by atoms with van der Waals surface area (Å²) in [6.45, 7) is 0.